The van der Waals surface area contributed by atoms with Crippen molar-refractivity contribution in [3.05, 3.63) is 48.0 Å². The summed E-state index contributed by atoms with van der Waals surface area (Å²) in [7, 11) is 1.83. The summed E-state index contributed by atoms with van der Waals surface area (Å²) in [6.07, 6.45) is 3.73. The summed E-state index contributed by atoms with van der Waals surface area (Å²) in [4.78, 5) is 4.28. The highest BCUT2D eigenvalue weighted by Gasteiger charge is 2.20. The molecule has 3 nitrogen and oxygen atoms in total. The number of aliphatic imine (C=N–C) groups is 1. The maximum atomic E-state index is 4.28. The van der Waals surface area contributed by atoms with E-state index in [4.69, 9.17) is 0 Å². The van der Waals surface area contributed by atoms with Crippen LogP contribution in [-0.2, 0) is 6.42 Å². The molecule has 1 aliphatic rings. The fraction of sp³-hybridized carbons (Fsp3) is 0.389. The Morgan fingerprint density at radius 2 is 1.86 bits per heavy atom. The molecule has 3 rings (SSSR count). The van der Waals surface area contributed by atoms with Crippen molar-refractivity contribution in [3.63, 3.8) is 0 Å². The Morgan fingerprint density at radius 3 is 2.64 bits per heavy atom. The molecule has 1 saturated carbocycles. The molecule has 4 heteroatoms. The zero-order valence-electron chi connectivity index (χ0n) is 13.0. The van der Waals surface area contributed by atoms with Gasteiger partial charge < -0.3 is 10.6 Å². The summed E-state index contributed by atoms with van der Waals surface area (Å²) >= 11 is 0. The van der Waals surface area contributed by atoms with Crippen LogP contribution < -0.4 is 10.6 Å². The minimum absolute atomic E-state index is 0. The van der Waals surface area contributed by atoms with Gasteiger partial charge in [-0.15, -0.1) is 24.0 Å². The first-order valence-electron chi connectivity index (χ1n) is 7.78. The quantitative estimate of drug-likeness (QED) is 0.450. The Bertz CT molecular complexity index is 630. The number of hydrogen-bond donors (Lipinski definition) is 2. The van der Waals surface area contributed by atoms with Crippen molar-refractivity contribution in [1.29, 1.82) is 0 Å². The van der Waals surface area contributed by atoms with Crippen molar-refractivity contribution < 1.29 is 0 Å². The topological polar surface area (TPSA) is 36.4 Å². The number of benzene rings is 2. The molecule has 0 heterocycles. The van der Waals surface area contributed by atoms with E-state index in [0.717, 1.165) is 31.4 Å². The van der Waals surface area contributed by atoms with Crippen LogP contribution in [0.5, 0.6) is 0 Å². The lowest BCUT2D eigenvalue weighted by molar-refractivity contribution is 0.735. The van der Waals surface area contributed by atoms with Gasteiger partial charge in [0.1, 0.15) is 0 Å². The predicted octanol–water partition coefficient (Wildman–Crippen LogP) is 3.58. The number of rotatable bonds is 5. The summed E-state index contributed by atoms with van der Waals surface area (Å²) in [6, 6.07) is 15.1. The van der Waals surface area contributed by atoms with E-state index in [9.17, 15) is 0 Å². The Balaban J connectivity index is 0.00000176. The molecule has 0 amide bonds. The molecule has 0 saturated heterocycles. The van der Waals surface area contributed by atoms with Crippen LogP contribution >= 0.6 is 24.0 Å². The molecule has 22 heavy (non-hydrogen) atoms. The first kappa shape index (κ1) is 17.1. The van der Waals surface area contributed by atoms with E-state index in [1.807, 2.05) is 7.05 Å². The summed E-state index contributed by atoms with van der Waals surface area (Å²) in [6.45, 7) is 1.95. The highest BCUT2D eigenvalue weighted by atomic mass is 127. The van der Waals surface area contributed by atoms with Crippen molar-refractivity contribution in [2.45, 2.75) is 19.3 Å². The molecule has 0 atom stereocenters. The van der Waals surface area contributed by atoms with Crippen LogP contribution in [-0.4, -0.2) is 26.1 Å². The second-order valence-electron chi connectivity index (χ2n) is 5.71. The lowest BCUT2D eigenvalue weighted by atomic mass is 10.0. The number of guanidine groups is 1. The van der Waals surface area contributed by atoms with Gasteiger partial charge in [-0.2, -0.15) is 0 Å². The molecular weight excluding hydrogens is 385 g/mol. The van der Waals surface area contributed by atoms with Gasteiger partial charge >= 0.3 is 0 Å². The molecule has 2 N–H and O–H groups in total. The SMILES string of the molecule is CN=C(NCCc1cccc2ccccc12)NCC1CC1.I. The molecule has 0 spiro atoms. The Kier molecular flexibility index (Phi) is 6.49. The first-order valence-corrected chi connectivity index (χ1v) is 7.78. The number of halogens is 1. The summed E-state index contributed by atoms with van der Waals surface area (Å²) in [5.41, 5.74) is 1.39. The molecule has 1 fully saturated rings. The van der Waals surface area contributed by atoms with Gasteiger partial charge in [0.2, 0.25) is 0 Å². The standard InChI is InChI=1S/C18H23N3.HI/c1-19-18(21-13-14-9-10-14)20-12-11-16-7-4-6-15-5-2-3-8-17(15)16;/h2-8,14H,9-13H2,1H3,(H2,19,20,21);1H. The van der Waals surface area contributed by atoms with E-state index in [1.54, 1.807) is 0 Å². The average Bonchev–Trinajstić information content (AvgIpc) is 3.35. The molecule has 0 radical (unpaired) electrons. The zero-order chi connectivity index (χ0) is 14.5. The van der Waals surface area contributed by atoms with Crippen molar-refractivity contribution >= 4 is 40.7 Å². The monoisotopic (exact) mass is 409 g/mol. The third kappa shape index (κ3) is 4.60. The maximum absolute atomic E-state index is 4.28. The van der Waals surface area contributed by atoms with Crippen molar-refractivity contribution in [2.24, 2.45) is 10.9 Å². The predicted molar refractivity (Wildman–Crippen MR) is 105 cm³/mol. The smallest absolute Gasteiger partial charge is 0.190 e. The third-order valence-corrected chi connectivity index (χ3v) is 4.05. The fourth-order valence-corrected chi connectivity index (χ4v) is 2.61. The molecular formula is C18H24IN3. The van der Waals surface area contributed by atoms with Crippen LogP contribution in [0.1, 0.15) is 18.4 Å². The summed E-state index contributed by atoms with van der Waals surface area (Å²) in [5.74, 6) is 1.78. The Hall–Kier alpha value is -1.30. The van der Waals surface area contributed by atoms with E-state index in [2.05, 4.69) is 58.1 Å². The lowest BCUT2D eigenvalue weighted by Crippen LogP contribution is -2.39. The molecule has 0 aliphatic heterocycles. The van der Waals surface area contributed by atoms with E-state index >= 15 is 0 Å². The molecule has 0 bridgehead atoms. The van der Waals surface area contributed by atoms with E-state index in [1.165, 1.54) is 29.2 Å². The van der Waals surface area contributed by atoms with Gasteiger partial charge in [-0.1, -0.05) is 42.5 Å². The van der Waals surface area contributed by atoms with Crippen LogP contribution in [0.15, 0.2) is 47.5 Å². The second-order valence-corrected chi connectivity index (χ2v) is 5.71. The highest BCUT2D eigenvalue weighted by Crippen LogP contribution is 2.27. The van der Waals surface area contributed by atoms with E-state index < -0.39 is 0 Å². The molecule has 0 aromatic heterocycles. The lowest BCUT2D eigenvalue weighted by Gasteiger charge is -2.12. The second kappa shape index (κ2) is 8.36. The number of nitrogens with zero attached hydrogens (tertiary/aromatic N) is 1. The van der Waals surface area contributed by atoms with Crippen molar-refractivity contribution in [1.82, 2.24) is 10.6 Å². The number of nitrogens with one attached hydrogen (secondary N) is 2. The maximum Gasteiger partial charge on any atom is 0.190 e. The van der Waals surface area contributed by atoms with Gasteiger partial charge in [-0.05, 0) is 41.5 Å². The van der Waals surface area contributed by atoms with Crippen LogP contribution in [0.4, 0.5) is 0 Å². The molecule has 2 aromatic carbocycles. The van der Waals surface area contributed by atoms with Crippen LogP contribution in [0.25, 0.3) is 10.8 Å². The molecule has 118 valence electrons. The van der Waals surface area contributed by atoms with Gasteiger partial charge in [-0.3, -0.25) is 4.99 Å². The van der Waals surface area contributed by atoms with E-state index in [-0.39, 0.29) is 24.0 Å². The van der Waals surface area contributed by atoms with Gasteiger partial charge in [0.25, 0.3) is 0 Å². The highest BCUT2D eigenvalue weighted by molar-refractivity contribution is 14.0. The molecule has 2 aromatic rings. The van der Waals surface area contributed by atoms with Gasteiger partial charge in [0.15, 0.2) is 5.96 Å². The van der Waals surface area contributed by atoms with Crippen LogP contribution in [0, 0.1) is 5.92 Å². The zero-order valence-corrected chi connectivity index (χ0v) is 15.3. The fourth-order valence-electron chi connectivity index (χ4n) is 2.61. The van der Waals surface area contributed by atoms with Crippen LogP contribution in [0.2, 0.25) is 0 Å². The van der Waals surface area contributed by atoms with Gasteiger partial charge in [-0.25, -0.2) is 0 Å². The average molecular weight is 409 g/mol. The Labute approximate surface area is 149 Å². The summed E-state index contributed by atoms with van der Waals surface area (Å²) < 4.78 is 0. The third-order valence-electron chi connectivity index (χ3n) is 4.05. The number of fused-ring (bicyclic) bond motifs is 1. The summed E-state index contributed by atoms with van der Waals surface area (Å²) in [5, 5.41) is 9.46. The Morgan fingerprint density at radius 1 is 1.09 bits per heavy atom. The van der Waals surface area contributed by atoms with E-state index in [0.29, 0.717) is 0 Å². The minimum Gasteiger partial charge on any atom is -0.356 e. The van der Waals surface area contributed by atoms with Crippen LogP contribution in [0.3, 0.4) is 0 Å². The minimum atomic E-state index is 0. The van der Waals surface area contributed by atoms with Crippen molar-refractivity contribution in [3.8, 4) is 0 Å². The van der Waals surface area contributed by atoms with Gasteiger partial charge in [0.05, 0.1) is 0 Å². The molecule has 0 unspecified atom stereocenters. The normalized spacial score (nSPS) is 14.5. The van der Waals surface area contributed by atoms with Crippen molar-refractivity contribution in [2.75, 3.05) is 20.1 Å². The van der Waals surface area contributed by atoms with Gasteiger partial charge in [0, 0.05) is 20.1 Å². The molecule has 1 aliphatic carbocycles. The largest absolute Gasteiger partial charge is 0.356 e. The number of hydrogen-bond acceptors (Lipinski definition) is 1. The first-order chi connectivity index (χ1) is 10.4.